The zero-order chi connectivity index (χ0) is 31.0. The van der Waals surface area contributed by atoms with Crippen molar-refractivity contribution in [2.75, 3.05) is 5.33 Å². The van der Waals surface area contributed by atoms with Crippen molar-refractivity contribution in [3.63, 3.8) is 0 Å². The molecule has 2 nitrogen and oxygen atoms in total. The Labute approximate surface area is 286 Å². The first-order chi connectivity index (χ1) is 21.0. The summed E-state index contributed by atoms with van der Waals surface area (Å²) in [7, 11) is 0. The monoisotopic (exact) mass is 714 g/mol. The van der Waals surface area contributed by atoms with Gasteiger partial charge < -0.3 is 17.0 Å². The minimum Gasteiger partial charge on any atom is -1.00 e. The Morgan fingerprint density at radius 1 is 0.705 bits per heavy atom. The molecule has 0 radical (unpaired) electrons. The van der Waals surface area contributed by atoms with Gasteiger partial charge in [-0.3, -0.25) is 4.98 Å². The molecule has 0 aliphatic rings. The fourth-order valence-electron chi connectivity index (χ4n) is 4.07. The highest BCUT2D eigenvalue weighted by Gasteiger charge is 1.98. The van der Waals surface area contributed by atoms with Gasteiger partial charge >= 0.3 is 0 Å². The molecule has 0 amide bonds. The average molecular weight is 717 g/mol. The van der Waals surface area contributed by atoms with Gasteiger partial charge in [-0.15, -0.1) is 0 Å². The first-order valence-electron chi connectivity index (χ1n) is 15.6. The van der Waals surface area contributed by atoms with E-state index in [0.717, 1.165) is 35.8 Å². The van der Waals surface area contributed by atoms with E-state index in [0.29, 0.717) is 0 Å². The summed E-state index contributed by atoms with van der Waals surface area (Å²) in [6.07, 6.45) is 17.1. The molecule has 0 saturated carbocycles. The van der Waals surface area contributed by atoms with Gasteiger partial charge in [0, 0.05) is 46.9 Å². The Morgan fingerprint density at radius 2 is 1.25 bits per heavy atom. The van der Waals surface area contributed by atoms with Crippen molar-refractivity contribution >= 4 is 15.9 Å². The lowest BCUT2D eigenvalue weighted by Gasteiger charge is -1.99. The number of aryl methyl sites for hydroxylation is 5. The maximum absolute atomic E-state index is 3.88. The highest BCUT2D eigenvalue weighted by molar-refractivity contribution is 9.09. The van der Waals surface area contributed by atoms with Crippen molar-refractivity contribution in [3.8, 4) is 23.7 Å². The van der Waals surface area contributed by atoms with E-state index < -0.39 is 0 Å². The molecule has 0 atom stereocenters. The van der Waals surface area contributed by atoms with Gasteiger partial charge in [0.1, 0.15) is 0 Å². The minimum absolute atomic E-state index is 0. The van der Waals surface area contributed by atoms with E-state index in [4.69, 9.17) is 0 Å². The zero-order valence-corrected chi connectivity index (χ0v) is 30.1. The quantitative estimate of drug-likeness (QED) is 0.108. The first-order valence-corrected chi connectivity index (χ1v) is 16.7. The van der Waals surface area contributed by atoms with Crippen LogP contribution in [0, 0.1) is 37.5 Å². The summed E-state index contributed by atoms with van der Waals surface area (Å²) in [4.78, 5) is 3.88. The summed E-state index contributed by atoms with van der Waals surface area (Å²) in [5.41, 5.74) is 7.57. The Kier molecular flexibility index (Phi) is 22.2. The molecular weight excluding hydrogens is 668 g/mol. The van der Waals surface area contributed by atoms with E-state index in [9.17, 15) is 0 Å². The summed E-state index contributed by atoms with van der Waals surface area (Å²) in [5.74, 6) is 12.8. The van der Waals surface area contributed by atoms with Gasteiger partial charge in [-0.1, -0.05) is 96.6 Å². The van der Waals surface area contributed by atoms with Gasteiger partial charge in [0.05, 0.1) is 6.42 Å². The molecule has 0 aliphatic carbocycles. The molecule has 2 aromatic carbocycles. The summed E-state index contributed by atoms with van der Waals surface area (Å²) >= 11 is 3.36. The predicted octanol–water partition coefficient (Wildman–Crippen LogP) is 6.63. The smallest absolute Gasteiger partial charge is 0.171 e. The third-order valence-electron chi connectivity index (χ3n) is 6.54. The van der Waals surface area contributed by atoms with E-state index in [2.05, 4.69) is 143 Å². The second kappa shape index (κ2) is 25.2. The van der Waals surface area contributed by atoms with Gasteiger partial charge in [0.15, 0.2) is 18.9 Å². The fraction of sp³-hybridized carbons (Fsp3) is 0.350. The molecule has 0 fully saturated rings. The normalized spacial score (nSPS) is 9.39. The van der Waals surface area contributed by atoms with Crippen molar-refractivity contribution in [3.05, 3.63) is 131 Å². The van der Waals surface area contributed by atoms with Crippen LogP contribution in [0.5, 0.6) is 0 Å². The molecule has 0 aliphatic heterocycles. The van der Waals surface area contributed by atoms with Crippen LogP contribution in [0.4, 0.5) is 0 Å². The van der Waals surface area contributed by atoms with E-state index in [1.54, 1.807) is 6.20 Å². The lowest BCUT2D eigenvalue weighted by molar-refractivity contribution is -0.696. The number of unbranched alkanes of at least 4 members (excludes halogenated alkanes) is 2. The Hall–Kier alpha value is -3.18. The number of nitrogens with zero attached hydrogens (tertiary/aromatic N) is 2. The number of aromatic nitrogens is 2. The maximum atomic E-state index is 3.88. The van der Waals surface area contributed by atoms with Crippen LogP contribution >= 0.6 is 15.9 Å². The first kappa shape index (κ1) is 38.8. The van der Waals surface area contributed by atoms with Gasteiger partial charge in [0.25, 0.3) is 0 Å². The van der Waals surface area contributed by atoms with Gasteiger partial charge in [-0.2, -0.15) is 0 Å². The van der Waals surface area contributed by atoms with Crippen LogP contribution in [0.25, 0.3) is 0 Å². The summed E-state index contributed by atoms with van der Waals surface area (Å²) in [5, 5.41) is 0.953. The van der Waals surface area contributed by atoms with Crippen molar-refractivity contribution in [1.82, 2.24) is 4.98 Å². The minimum atomic E-state index is 0. The molecule has 44 heavy (non-hydrogen) atoms. The van der Waals surface area contributed by atoms with E-state index in [1.807, 2.05) is 25.3 Å². The van der Waals surface area contributed by atoms with E-state index in [-0.39, 0.29) is 17.0 Å². The molecule has 0 bridgehead atoms. The van der Waals surface area contributed by atoms with Crippen LogP contribution in [0.2, 0.25) is 0 Å². The molecule has 0 spiro atoms. The SMILES string of the molecule is CCCCc1ccc(C#CCCBr)cc1.CCCCc1ccc(C#CCC[n+]2cccc(C)c2)cc1.Cc1cccnc1.[Br-]. The third-order valence-corrected chi connectivity index (χ3v) is 6.94. The Balaban J connectivity index is 0.000000366. The van der Waals surface area contributed by atoms with E-state index in [1.165, 1.54) is 60.8 Å². The topological polar surface area (TPSA) is 16.8 Å². The number of alkyl halides is 1. The second-order valence-corrected chi connectivity index (χ2v) is 11.3. The largest absolute Gasteiger partial charge is 1.00 e. The number of pyridine rings is 2. The lowest BCUT2D eigenvalue weighted by atomic mass is 10.1. The number of benzene rings is 2. The second-order valence-electron chi connectivity index (χ2n) is 10.5. The van der Waals surface area contributed by atoms with Crippen LogP contribution < -0.4 is 21.5 Å². The molecule has 232 valence electrons. The number of hydrogen-bond acceptors (Lipinski definition) is 1. The van der Waals surface area contributed by atoms with Crippen LogP contribution in [0.15, 0.2) is 97.6 Å². The summed E-state index contributed by atoms with van der Waals surface area (Å²) in [6, 6.07) is 25.4. The third kappa shape index (κ3) is 18.5. The number of hydrogen-bond donors (Lipinski definition) is 0. The van der Waals surface area contributed by atoms with Crippen molar-refractivity contribution < 1.29 is 21.5 Å². The fourth-order valence-corrected chi connectivity index (χ4v) is 4.27. The Morgan fingerprint density at radius 3 is 1.68 bits per heavy atom. The lowest BCUT2D eigenvalue weighted by Crippen LogP contribution is -3.00. The molecule has 4 heteroatoms. The molecule has 0 saturated heterocycles. The molecule has 0 N–H and O–H groups in total. The molecule has 4 rings (SSSR count). The highest BCUT2D eigenvalue weighted by atomic mass is 79.9. The molecule has 2 aromatic heterocycles. The summed E-state index contributed by atoms with van der Waals surface area (Å²) in [6.45, 7) is 9.53. The van der Waals surface area contributed by atoms with Gasteiger partial charge in [-0.05, 0) is 92.6 Å². The standard InChI is InChI=1S/C20H24N.C14H17Br.C6H7N.BrH/c1-3-4-9-19-11-13-20(14-12-19)10-5-6-15-21-16-7-8-18(2)17-21;1-2-3-6-13-8-10-14(11-9-13)7-4-5-12-15;1-6-3-2-4-7-5-6;/h7-8,11-14,16-17H,3-4,6,9,15H2,1-2H3;8-11H,2-3,5-6,12H2,1H3;2-5H,1H3;1H/q+1;;;/p-1. The molecule has 4 aromatic rings. The number of rotatable bonds is 9. The highest BCUT2D eigenvalue weighted by Crippen LogP contribution is 2.08. The zero-order valence-electron chi connectivity index (χ0n) is 27.0. The van der Waals surface area contributed by atoms with Gasteiger partial charge in [-0.25, -0.2) is 4.57 Å². The maximum Gasteiger partial charge on any atom is 0.171 e. The molecule has 2 heterocycles. The molecular formula is C40H48Br2N2. The van der Waals surface area contributed by atoms with Crippen LogP contribution in [0.3, 0.4) is 0 Å². The number of halogens is 2. The predicted molar refractivity (Wildman–Crippen MR) is 187 cm³/mol. The van der Waals surface area contributed by atoms with Crippen LogP contribution in [-0.4, -0.2) is 10.3 Å². The van der Waals surface area contributed by atoms with Gasteiger partial charge in [0.2, 0.25) is 0 Å². The Bertz CT molecular complexity index is 1410. The van der Waals surface area contributed by atoms with Crippen molar-refractivity contribution in [2.24, 2.45) is 0 Å². The van der Waals surface area contributed by atoms with Crippen molar-refractivity contribution in [1.29, 1.82) is 0 Å². The summed E-state index contributed by atoms with van der Waals surface area (Å²) < 4.78 is 2.19. The van der Waals surface area contributed by atoms with Crippen molar-refractivity contribution in [2.45, 2.75) is 85.6 Å². The average Bonchev–Trinajstić information content (AvgIpc) is 3.03. The van der Waals surface area contributed by atoms with E-state index >= 15 is 0 Å². The van der Waals surface area contributed by atoms with Crippen LogP contribution in [0.1, 0.15) is 85.8 Å². The molecule has 0 unspecified atom stereocenters. The van der Waals surface area contributed by atoms with Crippen LogP contribution in [-0.2, 0) is 19.4 Å².